The highest BCUT2D eigenvalue weighted by Crippen LogP contribution is 2.28. The highest BCUT2D eigenvalue weighted by molar-refractivity contribution is 7.90. The first kappa shape index (κ1) is 25.3. The Morgan fingerprint density at radius 3 is 2.47 bits per heavy atom. The summed E-state index contributed by atoms with van der Waals surface area (Å²) in [5, 5.41) is 0. The van der Waals surface area contributed by atoms with Gasteiger partial charge in [0.1, 0.15) is 11.6 Å². The lowest BCUT2D eigenvalue weighted by molar-refractivity contribution is -0.0504. The SMILES string of the molecule is CS(=O)(=O)c1ccc(Cc2nc3ccc(-c4cnc(=O)[nH]c4)cc3n2Cc2ccccc2OC(F)F)cc1. The molecular weight excluding hydrogens is 514 g/mol. The zero-order valence-electron chi connectivity index (χ0n) is 20.1. The summed E-state index contributed by atoms with van der Waals surface area (Å²) in [6, 6.07) is 18.7. The normalized spacial score (nSPS) is 11.8. The maximum absolute atomic E-state index is 13.1. The van der Waals surface area contributed by atoms with E-state index in [-0.39, 0.29) is 17.2 Å². The number of hydrogen-bond acceptors (Lipinski definition) is 6. The van der Waals surface area contributed by atoms with Crippen molar-refractivity contribution in [3.05, 3.63) is 107 Å². The Morgan fingerprint density at radius 2 is 1.79 bits per heavy atom. The number of H-pyrrole nitrogens is 1. The largest absolute Gasteiger partial charge is 0.434 e. The molecule has 11 heteroatoms. The number of aromatic nitrogens is 4. The number of nitrogens with one attached hydrogen (secondary N) is 1. The first-order valence-electron chi connectivity index (χ1n) is 11.5. The Bertz CT molecular complexity index is 1760. The zero-order valence-corrected chi connectivity index (χ0v) is 21.0. The van der Waals surface area contributed by atoms with Gasteiger partial charge < -0.3 is 14.3 Å². The van der Waals surface area contributed by atoms with Gasteiger partial charge in [-0.15, -0.1) is 0 Å². The molecule has 2 aromatic heterocycles. The summed E-state index contributed by atoms with van der Waals surface area (Å²) in [5.74, 6) is 0.712. The standard InChI is InChI=1S/C27H22F2N4O4S/c1-38(35,36)21-9-6-17(7-10-21)12-25-32-22-11-8-18(20-14-30-27(34)31-15-20)13-23(22)33(25)16-19-4-2-3-5-24(19)37-26(28)29/h2-11,13-15,26H,12,16H2,1H3,(H,30,31,34). The van der Waals surface area contributed by atoms with E-state index >= 15 is 0 Å². The van der Waals surface area contributed by atoms with Gasteiger partial charge in [0.25, 0.3) is 0 Å². The Morgan fingerprint density at radius 1 is 1.03 bits per heavy atom. The fraction of sp³-hybridized carbons (Fsp3) is 0.148. The van der Waals surface area contributed by atoms with Gasteiger partial charge in [-0.2, -0.15) is 8.78 Å². The van der Waals surface area contributed by atoms with Crippen LogP contribution in [0, 0.1) is 0 Å². The number of imidazole rings is 1. The third-order valence-corrected chi connectivity index (χ3v) is 7.19. The highest BCUT2D eigenvalue weighted by atomic mass is 32.2. The van der Waals surface area contributed by atoms with Crippen LogP contribution in [0.3, 0.4) is 0 Å². The van der Waals surface area contributed by atoms with Crippen LogP contribution in [0.2, 0.25) is 0 Å². The molecule has 0 radical (unpaired) electrons. The van der Waals surface area contributed by atoms with Crippen molar-refractivity contribution in [2.45, 2.75) is 24.5 Å². The molecule has 5 aromatic rings. The molecule has 0 atom stereocenters. The second kappa shape index (κ2) is 10.2. The van der Waals surface area contributed by atoms with Crippen LogP contribution in [0.4, 0.5) is 8.78 Å². The molecule has 38 heavy (non-hydrogen) atoms. The molecule has 5 rings (SSSR count). The van der Waals surface area contributed by atoms with Crippen molar-refractivity contribution >= 4 is 20.9 Å². The topological polar surface area (TPSA) is 107 Å². The minimum Gasteiger partial charge on any atom is -0.434 e. The first-order chi connectivity index (χ1) is 18.2. The van der Waals surface area contributed by atoms with Crippen LogP contribution in [-0.2, 0) is 22.8 Å². The van der Waals surface area contributed by atoms with E-state index in [0.29, 0.717) is 28.9 Å². The number of aromatic amines is 1. The predicted octanol–water partition coefficient (Wildman–Crippen LogP) is 4.43. The van der Waals surface area contributed by atoms with Gasteiger partial charge in [0, 0.05) is 36.2 Å². The van der Waals surface area contributed by atoms with E-state index in [0.717, 1.165) is 22.9 Å². The quantitative estimate of drug-likeness (QED) is 0.315. The van der Waals surface area contributed by atoms with Crippen molar-refractivity contribution in [2.24, 2.45) is 0 Å². The number of fused-ring (bicyclic) bond motifs is 1. The predicted molar refractivity (Wildman–Crippen MR) is 138 cm³/mol. The van der Waals surface area contributed by atoms with E-state index in [1.807, 2.05) is 22.8 Å². The van der Waals surface area contributed by atoms with Crippen LogP contribution in [0.5, 0.6) is 5.75 Å². The fourth-order valence-corrected chi connectivity index (χ4v) is 4.85. The van der Waals surface area contributed by atoms with E-state index in [9.17, 15) is 22.0 Å². The number of ether oxygens (including phenoxy) is 1. The van der Waals surface area contributed by atoms with E-state index in [1.54, 1.807) is 48.7 Å². The number of sulfone groups is 1. The first-order valence-corrected chi connectivity index (χ1v) is 13.4. The van der Waals surface area contributed by atoms with Crippen molar-refractivity contribution in [3.8, 4) is 16.9 Å². The molecule has 0 spiro atoms. The van der Waals surface area contributed by atoms with Gasteiger partial charge >= 0.3 is 12.3 Å². The Labute approximate surface area is 216 Å². The maximum atomic E-state index is 13.1. The Hall–Kier alpha value is -4.38. The molecule has 0 unspecified atom stereocenters. The number of hydrogen-bond donors (Lipinski definition) is 1. The molecule has 0 fully saturated rings. The van der Waals surface area contributed by atoms with Gasteiger partial charge in [-0.3, -0.25) is 0 Å². The number of halogens is 2. The minimum absolute atomic E-state index is 0.0637. The molecule has 0 aliphatic heterocycles. The molecule has 3 aromatic carbocycles. The van der Waals surface area contributed by atoms with Crippen LogP contribution >= 0.6 is 0 Å². The molecule has 0 bridgehead atoms. The van der Waals surface area contributed by atoms with Crippen LogP contribution < -0.4 is 10.4 Å². The van der Waals surface area contributed by atoms with Gasteiger partial charge in [0.2, 0.25) is 0 Å². The summed E-state index contributed by atoms with van der Waals surface area (Å²) >= 11 is 0. The summed E-state index contributed by atoms with van der Waals surface area (Å²) in [5.41, 5.74) is 3.80. The second-order valence-corrected chi connectivity index (χ2v) is 10.7. The van der Waals surface area contributed by atoms with E-state index < -0.39 is 22.1 Å². The third-order valence-electron chi connectivity index (χ3n) is 6.06. The van der Waals surface area contributed by atoms with Crippen molar-refractivity contribution in [3.63, 3.8) is 0 Å². The summed E-state index contributed by atoms with van der Waals surface area (Å²) in [6.07, 6.45) is 4.55. The maximum Gasteiger partial charge on any atom is 0.387 e. The zero-order chi connectivity index (χ0) is 26.9. The fourth-order valence-electron chi connectivity index (χ4n) is 4.22. The van der Waals surface area contributed by atoms with Crippen LogP contribution in [0.25, 0.3) is 22.2 Å². The van der Waals surface area contributed by atoms with Gasteiger partial charge in [-0.1, -0.05) is 36.4 Å². The van der Waals surface area contributed by atoms with E-state index in [4.69, 9.17) is 9.72 Å². The van der Waals surface area contributed by atoms with Crippen molar-refractivity contribution in [1.29, 1.82) is 0 Å². The Balaban J connectivity index is 1.61. The van der Waals surface area contributed by atoms with E-state index in [2.05, 4.69) is 9.97 Å². The second-order valence-electron chi connectivity index (χ2n) is 8.70. The molecule has 0 saturated carbocycles. The molecule has 1 N–H and O–H groups in total. The highest BCUT2D eigenvalue weighted by Gasteiger charge is 2.17. The van der Waals surface area contributed by atoms with Crippen LogP contribution in [-0.4, -0.2) is 40.8 Å². The monoisotopic (exact) mass is 536 g/mol. The minimum atomic E-state index is -3.33. The van der Waals surface area contributed by atoms with Gasteiger partial charge in [-0.05, 0) is 41.5 Å². The average Bonchev–Trinajstić information content (AvgIpc) is 3.21. The molecule has 8 nitrogen and oxygen atoms in total. The molecular formula is C27H22F2N4O4S. The molecule has 0 aliphatic carbocycles. The van der Waals surface area contributed by atoms with Gasteiger partial charge in [-0.25, -0.2) is 23.2 Å². The summed E-state index contributed by atoms with van der Waals surface area (Å²) < 4.78 is 56.5. The smallest absolute Gasteiger partial charge is 0.387 e. The lowest BCUT2D eigenvalue weighted by Crippen LogP contribution is -2.10. The number of alkyl halides is 2. The molecule has 0 aliphatic rings. The van der Waals surface area contributed by atoms with Crippen LogP contribution in [0.15, 0.2) is 88.8 Å². The average molecular weight is 537 g/mol. The van der Waals surface area contributed by atoms with Gasteiger partial charge in [0.15, 0.2) is 9.84 Å². The third kappa shape index (κ3) is 5.47. The lowest BCUT2D eigenvalue weighted by Gasteiger charge is -2.14. The summed E-state index contributed by atoms with van der Waals surface area (Å²) in [7, 11) is -3.33. The summed E-state index contributed by atoms with van der Waals surface area (Å²) in [4.78, 5) is 22.8. The number of benzene rings is 3. The van der Waals surface area contributed by atoms with Crippen LogP contribution in [0.1, 0.15) is 17.0 Å². The lowest BCUT2D eigenvalue weighted by atomic mass is 10.1. The molecule has 0 saturated heterocycles. The van der Waals surface area contributed by atoms with Gasteiger partial charge in [0.05, 0.1) is 22.5 Å². The molecule has 0 amide bonds. The Kier molecular flexibility index (Phi) is 6.77. The summed E-state index contributed by atoms with van der Waals surface area (Å²) in [6.45, 7) is -2.77. The van der Waals surface area contributed by atoms with Crippen molar-refractivity contribution < 1.29 is 21.9 Å². The number of rotatable bonds is 8. The van der Waals surface area contributed by atoms with Crippen molar-refractivity contribution in [2.75, 3.05) is 6.26 Å². The molecule has 2 heterocycles. The van der Waals surface area contributed by atoms with Crippen molar-refractivity contribution in [1.82, 2.24) is 19.5 Å². The molecule has 194 valence electrons. The van der Waals surface area contributed by atoms with E-state index in [1.165, 1.54) is 12.3 Å². The number of para-hydroxylation sites is 1. The number of nitrogens with zero attached hydrogens (tertiary/aromatic N) is 3.